The Hall–Kier alpha value is -2.21. The molecule has 1 aliphatic rings. The Labute approximate surface area is 123 Å². The fourth-order valence-corrected chi connectivity index (χ4v) is 2.83. The third-order valence-electron chi connectivity index (χ3n) is 3.78. The van der Waals surface area contributed by atoms with Gasteiger partial charge in [0, 0.05) is 13.1 Å². The largest absolute Gasteiger partial charge is 0.329 e. The molecular weight excluding hydrogens is 266 g/mol. The summed E-state index contributed by atoms with van der Waals surface area (Å²) in [5.41, 5.74) is 9.24. The fourth-order valence-electron chi connectivity index (χ4n) is 2.83. The summed E-state index contributed by atoms with van der Waals surface area (Å²) in [4.78, 5) is 14.5. The van der Waals surface area contributed by atoms with E-state index in [1.807, 2.05) is 24.0 Å². The van der Waals surface area contributed by atoms with Crippen molar-refractivity contribution in [3.63, 3.8) is 0 Å². The zero-order valence-electron chi connectivity index (χ0n) is 12.1. The van der Waals surface area contributed by atoms with Crippen LogP contribution in [0.15, 0.2) is 24.4 Å². The first-order valence-corrected chi connectivity index (χ1v) is 7.21. The van der Waals surface area contributed by atoms with Crippen LogP contribution in [0, 0.1) is 6.92 Å². The number of anilines is 1. The maximum absolute atomic E-state index is 12.7. The highest BCUT2D eigenvalue weighted by atomic mass is 16.2. The van der Waals surface area contributed by atoms with Crippen LogP contribution in [0.2, 0.25) is 0 Å². The van der Waals surface area contributed by atoms with E-state index in [0.29, 0.717) is 18.8 Å². The summed E-state index contributed by atoms with van der Waals surface area (Å²) in [5, 5.41) is 7.92. The molecule has 6 nitrogen and oxygen atoms in total. The molecule has 2 aromatic rings. The first kappa shape index (κ1) is 13.8. The van der Waals surface area contributed by atoms with Crippen LogP contribution in [-0.2, 0) is 13.0 Å². The maximum Gasteiger partial charge on any atom is 0.280 e. The average Bonchev–Trinajstić information content (AvgIpc) is 2.95. The van der Waals surface area contributed by atoms with Gasteiger partial charge in [0.05, 0.1) is 18.4 Å². The van der Waals surface area contributed by atoms with Gasteiger partial charge in [0.25, 0.3) is 5.91 Å². The SMILES string of the molecule is Cc1cccc2c1N(C(=O)c1cn(CCN)nn1)CCC2. The molecule has 21 heavy (non-hydrogen) atoms. The Morgan fingerprint density at radius 1 is 1.43 bits per heavy atom. The lowest BCUT2D eigenvalue weighted by Crippen LogP contribution is -2.36. The summed E-state index contributed by atoms with van der Waals surface area (Å²) in [7, 11) is 0. The van der Waals surface area contributed by atoms with Crippen molar-refractivity contribution < 1.29 is 4.79 Å². The molecule has 0 aliphatic carbocycles. The molecular formula is C15H19N5O. The van der Waals surface area contributed by atoms with E-state index in [0.717, 1.165) is 30.6 Å². The molecule has 0 saturated heterocycles. The van der Waals surface area contributed by atoms with Crippen LogP contribution in [0.25, 0.3) is 0 Å². The summed E-state index contributed by atoms with van der Waals surface area (Å²) >= 11 is 0. The lowest BCUT2D eigenvalue weighted by molar-refractivity contribution is 0.0980. The first-order valence-electron chi connectivity index (χ1n) is 7.21. The normalized spacial score (nSPS) is 14.1. The number of rotatable bonds is 3. The molecule has 2 N–H and O–H groups in total. The van der Waals surface area contributed by atoms with Crippen molar-refractivity contribution >= 4 is 11.6 Å². The number of carbonyl (C=O) groups is 1. The highest BCUT2D eigenvalue weighted by molar-refractivity contribution is 6.05. The standard InChI is InChI=1S/C15H19N5O/c1-11-4-2-5-12-6-3-8-20(14(11)12)15(21)13-10-19(9-7-16)18-17-13/h2,4-5,10H,3,6-9,16H2,1H3. The number of nitrogens with zero attached hydrogens (tertiary/aromatic N) is 4. The number of para-hydroxylation sites is 1. The Bertz CT molecular complexity index is 664. The van der Waals surface area contributed by atoms with E-state index in [9.17, 15) is 4.79 Å². The number of carbonyl (C=O) groups excluding carboxylic acids is 1. The quantitative estimate of drug-likeness (QED) is 0.917. The van der Waals surface area contributed by atoms with Crippen molar-refractivity contribution in [3.05, 3.63) is 41.2 Å². The zero-order chi connectivity index (χ0) is 14.8. The summed E-state index contributed by atoms with van der Waals surface area (Å²) in [5.74, 6) is -0.0893. The molecule has 0 radical (unpaired) electrons. The molecule has 6 heteroatoms. The van der Waals surface area contributed by atoms with Gasteiger partial charge in [-0.25, -0.2) is 0 Å². The van der Waals surface area contributed by atoms with Crippen LogP contribution in [0.4, 0.5) is 5.69 Å². The second kappa shape index (κ2) is 5.65. The van der Waals surface area contributed by atoms with Crippen molar-refractivity contribution in [2.45, 2.75) is 26.3 Å². The number of aromatic nitrogens is 3. The van der Waals surface area contributed by atoms with Crippen LogP contribution in [-0.4, -0.2) is 34.0 Å². The molecule has 0 bridgehead atoms. The van der Waals surface area contributed by atoms with Gasteiger partial charge in [0.15, 0.2) is 5.69 Å². The summed E-state index contributed by atoms with van der Waals surface area (Å²) < 4.78 is 1.61. The molecule has 2 heterocycles. The van der Waals surface area contributed by atoms with Gasteiger partial charge in [-0.05, 0) is 30.9 Å². The van der Waals surface area contributed by atoms with Crippen LogP contribution in [0.1, 0.15) is 28.0 Å². The Balaban J connectivity index is 1.92. The monoisotopic (exact) mass is 285 g/mol. The van der Waals surface area contributed by atoms with E-state index in [2.05, 4.69) is 16.4 Å². The number of amides is 1. The number of benzene rings is 1. The van der Waals surface area contributed by atoms with Crippen molar-refractivity contribution in [2.24, 2.45) is 5.73 Å². The van der Waals surface area contributed by atoms with Gasteiger partial charge in [-0.15, -0.1) is 5.10 Å². The molecule has 0 spiro atoms. The van der Waals surface area contributed by atoms with E-state index in [1.54, 1.807) is 10.9 Å². The number of hydrogen-bond acceptors (Lipinski definition) is 4. The van der Waals surface area contributed by atoms with Gasteiger partial charge in [0.2, 0.25) is 0 Å². The summed E-state index contributed by atoms with van der Waals surface area (Å²) in [6.45, 7) is 3.80. The number of aryl methyl sites for hydroxylation is 2. The summed E-state index contributed by atoms with van der Waals surface area (Å²) in [6.07, 6.45) is 3.65. The molecule has 1 aromatic heterocycles. The number of hydrogen-bond donors (Lipinski definition) is 1. The smallest absolute Gasteiger partial charge is 0.280 e. The first-order chi connectivity index (χ1) is 10.2. The molecule has 0 saturated carbocycles. The minimum absolute atomic E-state index is 0.0893. The molecule has 110 valence electrons. The second-order valence-electron chi connectivity index (χ2n) is 5.30. The Kier molecular flexibility index (Phi) is 3.70. The van der Waals surface area contributed by atoms with Gasteiger partial charge in [-0.1, -0.05) is 23.4 Å². The molecule has 3 rings (SSSR count). The van der Waals surface area contributed by atoms with Gasteiger partial charge >= 0.3 is 0 Å². The zero-order valence-corrected chi connectivity index (χ0v) is 12.1. The van der Waals surface area contributed by atoms with Gasteiger partial charge < -0.3 is 10.6 Å². The van der Waals surface area contributed by atoms with Crippen LogP contribution >= 0.6 is 0 Å². The third kappa shape index (κ3) is 2.54. The van der Waals surface area contributed by atoms with Crippen LogP contribution < -0.4 is 10.6 Å². The molecule has 0 fully saturated rings. The Morgan fingerprint density at radius 2 is 2.29 bits per heavy atom. The van der Waals surface area contributed by atoms with E-state index in [-0.39, 0.29) is 5.91 Å². The molecule has 1 amide bonds. The lowest BCUT2D eigenvalue weighted by atomic mass is 9.98. The van der Waals surface area contributed by atoms with E-state index < -0.39 is 0 Å². The van der Waals surface area contributed by atoms with Crippen molar-refractivity contribution in [1.29, 1.82) is 0 Å². The van der Waals surface area contributed by atoms with Crippen molar-refractivity contribution in [2.75, 3.05) is 18.0 Å². The van der Waals surface area contributed by atoms with Crippen molar-refractivity contribution in [3.8, 4) is 0 Å². The van der Waals surface area contributed by atoms with Gasteiger partial charge in [-0.3, -0.25) is 9.48 Å². The van der Waals surface area contributed by atoms with Crippen LogP contribution in [0.5, 0.6) is 0 Å². The molecule has 1 aliphatic heterocycles. The van der Waals surface area contributed by atoms with Crippen molar-refractivity contribution in [1.82, 2.24) is 15.0 Å². The van der Waals surface area contributed by atoms with E-state index in [4.69, 9.17) is 5.73 Å². The average molecular weight is 285 g/mol. The fraction of sp³-hybridized carbons (Fsp3) is 0.400. The lowest BCUT2D eigenvalue weighted by Gasteiger charge is -2.30. The maximum atomic E-state index is 12.7. The highest BCUT2D eigenvalue weighted by Gasteiger charge is 2.26. The predicted molar refractivity (Wildman–Crippen MR) is 80.3 cm³/mol. The topological polar surface area (TPSA) is 77.0 Å². The summed E-state index contributed by atoms with van der Waals surface area (Å²) in [6, 6.07) is 6.17. The number of nitrogens with two attached hydrogens (primary N) is 1. The third-order valence-corrected chi connectivity index (χ3v) is 3.78. The van der Waals surface area contributed by atoms with E-state index >= 15 is 0 Å². The highest BCUT2D eigenvalue weighted by Crippen LogP contribution is 2.31. The Morgan fingerprint density at radius 3 is 3.10 bits per heavy atom. The van der Waals surface area contributed by atoms with E-state index in [1.165, 1.54) is 5.56 Å². The number of fused-ring (bicyclic) bond motifs is 1. The molecule has 0 atom stereocenters. The predicted octanol–water partition coefficient (Wildman–Crippen LogP) is 1.14. The van der Waals surface area contributed by atoms with Crippen LogP contribution in [0.3, 0.4) is 0 Å². The second-order valence-corrected chi connectivity index (χ2v) is 5.30. The van der Waals surface area contributed by atoms with Gasteiger partial charge in [-0.2, -0.15) is 0 Å². The minimum Gasteiger partial charge on any atom is -0.329 e. The molecule has 1 aromatic carbocycles. The van der Waals surface area contributed by atoms with Gasteiger partial charge in [0.1, 0.15) is 0 Å². The minimum atomic E-state index is -0.0893. The molecule has 0 unspecified atom stereocenters.